The Labute approximate surface area is 98.1 Å². The number of nitrogens with zero attached hydrogens (tertiary/aromatic N) is 2. The van der Waals surface area contributed by atoms with Crippen molar-refractivity contribution in [1.82, 2.24) is 9.78 Å². The second kappa shape index (κ2) is 7.09. The minimum Gasteiger partial charge on any atom is -0.476 e. The van der Waals surface area contributed by atoms with Crippen molar-refractivity contribution >= 4 is 0 Å². The van der Waals surface area contributed by atoms with Gasteiger partial charge in [0.2, 0.25) is 5.88 Å². The number of aromatic nitrogens is 2. The Morgan fingerprint density at radius 2 is 2.38 bits per heavy atom. The molecule has 0 atom stereocenters. The molecule has 1 aromatic rings. The predicted octanol–water partition coefficient (Wildman–Crippen LogP) is 3.34. The molecule has 0 spiro atoms. The van der Waals surface area contributed by atoms with Gasteiger partial charge in [0, 0.05) is 6.07 Å². The van der Waals surface area contributed by atoms with Crippen LogP contribution in [0, 0.1) is 6.92 Å². The highest BCUT2D eigenvalue weighted by Crippen LogP contribution is 2.16. The van der Waals surface area contributed by atoms with Gasteiger partial charge in [-0.25, -0.2) is 4.68 Å². The molecule has 2 rings (SSSR count). The molecule has 1 aliphatic rings. The summed E-state index contributed by atoms with van der Waals surface area (Å²) in [5.41, 5.74) is 1.03. The molecule has 0 N–H and O–H groups in total. The molecule has 16 heavy (non-hydrogen) atoms. The number of allylic oxidation sites excluding steroid dienone is 2. The largest absolute Gasteiger partial charge is 0.476 e. The fraction of sp³-hybridized carbons (Fsp3) is 0.615. The number of hydrogen-bond donors (Lipinski definition) is 0. The summed E-state index contributed by atoms with van der Waals surface area (Å²) in [6, 6.07) is 1.95. The van der Waals surface area contributed by atoms with Gasteiger partial charge in [-0.2, -0.15) is 5.10 Å². The molecule has 3 nitrogen and oxygen atoms in total. The highest BCUT2D eigenvalue weighted by molar-refractivity contribution is 5.16. The molecule has 0 bridgehead atoms. The van der Waals surface area contributed by atoms with E-state index >= 15 is 0 Å². The van der Waals surface area contributed by atoms with Crippen LogP contribution in [0.5, 0.6) is 5.88 Å². The van der Waals surface area contributed by atoms with Crippen molar-refractivity contribution in [3.63, 3.8) is 0 Å². The van der Waals surface area contributed by atoms with E-state index in [4.69, 9.17) is 4.74 Å². The molecule has 0 fully saturated rings. The first kappa shape index (κ1) is 12.8. The highest BCUT2D eigenvalue weighted by atomic mass is 16.5. The van der Waals surface area contributed by atoms with Crippen molar-refractivity contribution in [2.24, 2.45) is 0 Å². The average molecular weight is 222 g/mol. The van der Waals surface area contributed by atoms with Crippen molar-refractivity contribution < 1.29 is 4.74 Å². The van der Waals surface area contributed by atoms with E-state index in [0.717, 1.165) is 24.7 Å². The van der Waals surface area contributed by atoms with E-state index in [-0.39, 0.29) is 0 Å². The van der Waals surface area contributed by atoms with Gasteiger partial charge < -0.3 is 4.74 Å². The van der Waals surface area contributed by atoms with Crippen molar-refractivity contribution in [3.05, 3.63) is 23.9 Å². The third kappa shape index (κ3) is 4.09. The molecule has 0 radical (unpaired) electrons. The van der Waals surface area contributed by atoms with Crippen LogP contribution in [0.1, 0.15) is 38.8 Å². The smallest absolute Gasteiger partial charge is 0.212 e. The number of rotatable bonds is 3. The zero-order chi connectivity index (χ0) is 11.8. The standard InChI is InChI=1S/C7H14.C6H8N2O/c1-3-5-7-6-4-2;1-5-4-6-8(7-5)2-3-9-6/h3,5H,4,6-7H2,1-2H3;4H,2-3H2,1H3/b5-3-;. The normalized spacial score (nSPS) is 13.2. The van der Waals surface area contributed by atoms with Crippen LogP contribution >= 0.6 is 0 Å². The quantitative estimate of drug-likeness (QED) is 0.579. The topological polar surface area (TPSA) is 27.1 Å². The van der Waals surface area contributed by atoms with E-state index in [1.54, 1.807) is 0 Å². The molecule has 0 amide bonds. The van der Waals surface area contributed by atoms with Crippen molar-refractivity contribution in [2.45, 2.75) is 46.6 Å². The molecule has 90 valence electrons. The molecule has 1 aromatic heterocycles. The van der Waals surface area contributed by atoms with Gasteiger partial charge in [-0.1, -0.05) is 31.9 Å². The highest BCUT2D eigenvalue weighted by Gasteiger charge is 2.11. The monoisotopic (exact) mass is 222 g/mol. The average Bonchev–Trinajstić information content (AvgIpc) is 2.79. The molecule has 0 aliphatic carbocycles. The maximum absolute atomic E-state index is 5.22. The molecule has 0 saturated carbocycles. The third-order valence-electron chi connectivity index (χ3n) is 2.38. The first-order valence-electron chi connectivity index (χ1n) is 6.06. The fourth-order valence-corrected chi connectivity index (χ4v) is 1.52. The van der Waals surface area contributed by atoms with E-state index < -0.39 is 0 Å². The summed E-state index contributed by atoms with van der Waals surface area (Å²) in [6.45, 7) is 7.93. The third-order valence-corrected chi connectivity index (χ3v) is 2.38. The van der Waals surface area contributed by atoms with Gasteiger partial charge in [-0.15, -0.1) is 0 Å². The van der Waals surface area contributed by atoms with Gasteiger partial charge in [0.1, 0.15) is 6.61 Å². The van der Waals surface area contributed by atoms with Gasteiger partial charge in [-0.05, 0) is 20.3 Å². The molecule has 0 unspecified atom stereocenters. The summed E-state index contributed by atoms with van der Waals surface area (Å²) in [6.07, 6.45) is 8.22. The van der Waals surface area contributed by atoms with E-state index in [0.29, 0.717) is 0 Å². The van der Waals surface area contributed by atoms with Gasteiger partial charge in [0.25, 0.3) is 0 Å². The van der Waals surface area contributed by atoms with Crippen molar-refractivity contribution in [1.29, 1.82) is 0 Å². The lowest BCUT2D eigenvalue weighted by atomic mass is 10.2. The number of unbranched alkanes of at least 4 members (excludes halogenated alkanes) is 2. The van der Waals surface area contributed by atoms with Gasteiger partial charge in [0.15, 0.2) is 0 Å². The van der Waals surface area contributed by atoms with E-state index in [1.807, 2.05) is 17.7 Å². The lowest BCUT2D eigenvalue weighted by molar-refractivity contribution is 0.356. The SMILES string of the molecule is C/C=C\CCCC.Cc1cc2n(n1)CCO2. The zero-order valence-electron chi connectivity index (χ0n) is 10.6. The molecule has 3 heteroatoms. The number of ether oxygens (including phenoxy) is 1. The number of fused-ring (bicyclic) bond motifs is 1. The first-order chi connectivity index (χ1) is 7.77. The Hall–Kier alpha value is -1.25. The summed E-state index contributed by atoms with van der Waals surface area (Å²) < 4.78 is 7.10. The number of hydrogen-bond acceptors (Lipinski definition) is 2. The van der Waals surface area contributed by atoms with Crippen molar-refractivity contribution in [3.8, 4) is 5.88 Å². The Bertz CT molecular complexity index is 307. The molecular formula is C13H22N2O. The Morgan fingerprint density at radius 3 is 3.00 bits per heavy atom. The first-order valence-corrected chi connectivity index (χ1v) is 6.06. The molecule has 0 saturated heterocycles. The summed E-state index contributed by atoms with van der Waals surface area (Å²) in [5.74, 6) is 0.910. The van der Waals surface area contributed by atoms with Crippen LogP contribution in [0.25, 0.3) is 0 Å². The maximum Gasteiger partial charge on any atom is 0.212 e. The van der Waals surface area contributed by atoms with Gasteiger partial charge in [-0.3, -0.25) is 0 Å². The molecule has 2 heterocycles. The summed E-state index contributed by atoms with van der Waals surface area (Å²) >= 11 is 0. The Balaban J connectivity index is 0.000000168. The van der Waals surface area contributed by atoms with Crippen LogP contribution in [-0.2, 0) is 6.54 Å². The minimum atomic E-state index is 0.780. The molecule has 0 aromatic carbocycles. The predicted molar refractivity (Wildman–Crippen MR) is 66.8 cm³/mol. The Morgan fingerprint density at radius 1 is 1.56 bits per heavy atom. The maximum atomic E-state index is 5.22. The van der Waals surface area contributed by atoms with Crippen LogP contribution in [0.3, 0.4) is 0 Å². The van der Waals surface area contributed by atoms with E-state index in [2.05, 4.69) is 31.1 Å². The van der Waals surface area contributed by atoms with E-state index in [1.165, 1.54) is 19.3 Å². The van der Waals surface area contributed by atoms with Gasteiger partial charge in [0.05, 0.1) is 12.2 Å². The van der Waals surface area contributed by atoms with Crippen LogP contribution in [0.4, 0.5) is 0 Å². The summed E-state index contributed by atoms with van der Waals surface area (Å²) in [4.78, 5) is 0. The summed E-state index contributed by atoms with van der Waals surface area (Å²) in [7, 11) is 0. The second-order valence-electron chi connectivity index (χ2n) is 3.91. The van der Waals surface area contributed by atoms with Crippen LogP contribution in [0.15, 0.2) is 18.2 Å². The van der Waals surface area contributed by atoms with Crippen LogP contribution in [0.2, 0.25) is 0 Å². The number of aryl methyl sites for hydroxylation is 1. The summed E-state index contributed by atoms with van der Waals surface area (Å²) in [5, 5.41) is 4.18. The fourth-order valence-electron chi connectivity index (χ4n) is 1.52. The Kier molecular flexibility index (Phi) is 5.68. The molecule has 1 aliphatic heterocycles. The zero-order valence-corrected chi connectivity index (χ0v) is 10.6. The van der Waals surface area contributed by atoms with Crippen LogP contribution < -0.4 is 4.74 Å². The minimum absolute atomic E-state index is 0.780. The lowest BCUT2D eigenvalue weighted by Crippen LogP contribution is -1.95. The second-order valence-corrected chi connectivity index (χ2v) is 3.91. The molecular weight excluding hydrogens is 200 g/mol. The van der Waals surface area contributed by atoms with Crippen molar-refractivity contribution in [2.75, 3.05) is 6.61 Å². The van der Waals surface area contributed by atoms with E-state index in [9.17, 15) is 0 Å². The van der Waals surface area contributed by atoms with Gasteiger partial charge >= 0.3 is 0 Å². The lowest BCUT2D eigenvalue weighted by Gasteiger charge is -1.85. The van der Waals surface area contributed by atoms with Crippen LogP contribution in [-0.4, -0.2) is 16.4 Å².